The molecule has 0 saturated carbocycles. The third-order valence-corrected chi connectivity index (χ3v) is 12.4. The van der Waals surface area contributed by atoms with E-state index in [4.69, 9.17) is 98.0 Å². The Morgan fingerprint density at radius 3 is 1.08 bits per heavy atom. The molecule has 4 aromatic carbocycles. The fourth-order valence-electron chi connectivity index (χ4n) is 7.00. The number of hydrogen-bond acceptors (Lipinski definition) is 8. The topological polar surface area (TPSA) is 81.2 Å². The fraction of sp³-hybridized carbons (Fsp3) is 0.443. The van der Waals surface area contributed by atoms with Crippen LogP contribution in [0.4, 0.5) is 8.78 Å². The van der Waals surface area contributed by atoms with Gasteiger partial charge < -0.3 is 28.4 Å². The lowest BCUT2D eigenvalue weighted by Crippen LogP contribution is -2.00. The van der Waals surface area contributed by atoms with Crippen molar-refractivity contribution in [2.75, 3.05) is 41.2 Å². The van der Waals surface area contributed by atoms with E-state index in [2.05, 4.69) is 65.4 Å². The molecule has 6 aromatic rings. The van der Waals surface area contributed by atoms with Crippen molar-refractivity contribution in [1.29, 1.82) is 0 Å². The van der Waals surface area contributed by atoms with Crippen molar-refractivity contribution in [3.8, 4) is 34.8 Å². The molecule has 0 N–H and O–H groups in total. The second kappa shape index (κ2) is 36.7. The van der Waals surface area contributed by atoms with E-state index in [0.29, 0.717) is 76.8 Å². The predicted octanol–water partition coefficient (Wildman–Crippen LogP) is 21.1. The van der Waals surface area contributed by atoms with Gasteiger partial charge in [0.15, 0.2) is 0 Å². The van der Waals surface area contributed by atoms with Gasteiger partial charge in [0.1, 0.15) is 34.6 Å². The van der Waals surface area contributed by atoms with Gasteiger partial charge in [-0.1, -0.05) is 153 Å². The first-order chi connectivity index (χ1) is 36.2. The Balaban J connectivity index is 0.000000462. The van der Waals surface area contributed by atoms with Gasteiger partial charge in [0.2, 0.25) is 11.8 Å². The Morgan fingerprint density at radius 1 is 0.364 bits per heavy atom. The van der Waals surface area contributed by atoms with Gasteiger partial charge in [0, 0.05) is 45.7 Å². The van der Waals surface area contributed by atoms with Gasteiger partial charge in [-0.2, -0.15) is 0 Å². The van der Waals surface area contributed by atoms with Crippen LogP contribution in [0.3, 0.4) is 0 Å². The van der Waals surface area contributed by atoms with Crippen LogP contribution in [0, 0.1) is 11.6 Å². The second-order valence-electron chi connectivity index (χ2n) is 18.9. The average Bonchev–Trinajstić information content (AvgIpc) is 3.37. The monoisotopic (exact) mass is 1180 g/mol. The van der Waals surface area contributed by atoms with E-state index in [1.807, 2.05) is 97.0 Å². The minimum atomic E-state index is -0.442. The molecular formula is C61H80Cl6F2N2O6. The van der Waals surface area contributed by atoms with Crippen LogP contribution in [0.1, 0.15) is 173 Å². The zero-order valence-electron chi connectivity index (χ0n) is 48.0. The summed E-state index contributed by atoms with van der Waals surface area (Å²) in [4.78, 5) is 8.20. The lowest BCUT2D eigenvalue weighted by Gasteiger charge is -2.13. The predicted molar refractivity (Wildman–Crippen MR) is 322 cm³/mol. The number of ether oxygens (including phenoxy) is 6. The van der Waals surface area contributed by atoms with Crippen molar-refractivity contribution >= 4 is 69.6 Å². The number of benzene rings is 4. The van der Waals surface area contributed by atoms with Crippen LogP contribution in [0.5, 0.6) is 34.8 Å². The Labute approximate surface area is 489 Å². The number of nitrogens with zero attached hydrogens (tertiary/aromatic N) is 2. The van der Waals surface area contributed by atoms with Gasteiger partial charge in [0.25, 0.3) is 0 Å². The lowest BCUT2D eigenvalue weighted by atomic mass is 10.0. The minimum Gasteiger partial charge on any atom is -0.496 e. The molecule has 0 amide bonds. The van der Waals surface area contributed by atoms with Crippen LogP contribution >= 0.6 is 69.6 Å². The molecule has 0 spiro atoms. The molecule has 6 rings (SSSR count). The maximum atomic E-state index is 13.1. The smallest absolute Gasteiger partial charge is 0.216 e. The highest BCUT2D eigenvalue weighted by atomic mass is 35.5. The first-order valence-electron chi connectivity index (χ1n) is 25.6. The van der Waals surface area contributed by atoms with Crippen LogP contribution in [-0.2, 0) is 0 Å². The third kappa shape index (κ3) is 24.6. The molecule has 0 radical (unpaired) electrons. The molecule has 426 valence electrons. The summed E-state index contributed by atoms with van der Waals surface area (Å²) in [6.07, 6.45) is 3.20. The van der Waals surface area contributed by atoms with Crippen molar-refractivity contribution in [2.45, 2.75) is 139 Å². The van der Waals surface area contributed by atoms with E-state index >= 15 is 0 Å². The number of aromatic nitrogens is 2. The molecule has 16 heteroatoms. The zero-order chi connectivity index (χ0) is 58.7. The molecule has 0 aliphatic heterocycles. The van der Waals surface area contributed by atoms with E-state index in [-0.39, 0.29) is 21.9 Å². The molecule has 0 bridgehead atoms. The maximum Gasteiger partial charge on any atom is 0.216 e. The quantitative estimate of drug-likeness (QED) is 0.101. The zero-order valence-corrected chi connectivity index (χ0v) is 52.6. The third-order valence-electron chi connectivity index (χ3n) is 11.0. The Hall–Kier alpha value is -4.42. The number of pyridine rings is 2. The SMILES string of the molecule is CCOc1cc(F)c(Cl)cc1C(C)C.CCOc1ccc(Cl)cc1C(C)C.CCOc1ncc(Cl)cc1C(C)C.COc1cc(F)c(Cl)cc1C(C)C.COc1ccc(Cl)cc1C(C)C.COc1ncc(Cl)cc1C(C)C. The van der Waals surface area contributed by atoms with Crippen LogP contribution in [0.2, 0.25) is 30.1 Å². The number of methoxy groups -OCH3 is 3. The lowest BCUT2D eigenvalue weighted by molar-refractivity contribution is 0.321. The number of rotatable bonds is 15. The number of hydrogen-bond donors (Lipinski definition) is 0. The molecule has 77 heavy (non-hydrogen) atoms. The van der Waals surface area contributed by atoms with Gasteiger partial charge in [0.05, 0.1) is 61.2 Å². The highest BCUT2D eigenvalue weighted by molar-refractivity contribution is 6.32. The summed E-state index contributed by atoms with van der Waals surface area (Å²) in [5.41, 5.74) is 6.31. The molecule has 2 heterocycles. The van der Waals surface area contributed by atoms with Crippen molar-refractivity contribution in [2.24, 2.45) is 0 Å². The van der Waals surface area contributed by atoms with Crippen LogP contribution in [0.15, 0.2) is 85.2 Å². The Morgan fingerprint density at radius 2 is 0.688 bits per heavy atom. The fourth-order valence-corrected chi connectivity index (χ4v) is 8.04. The van der Waals surface area contributed by atoms with E-state index in [1.165, 1.54) is 24.8 Å². The van der Waals surface area contributed by atoms with E-state index in [0.717, 1.165) is 49.4 Å². The van der Waals surface area contributed by atoms with Crippen molar-refractivity contribution in [3.05, 3.63) is 160 Å². The van der Waals surface area contributed by atoms with Crippen molar-refractivity contribution in [1.82, 2.24) is 9.97 Å². The Kier molecular flexibility index (Phi) is 33.6. The normalized spacial score (nSPS) is 10.5. The summed E-state index contributed by atoms with van der Waals surface area (Å²) in [6, 6.07) is 21.2. The minimum absolute atomic E-state index is 0.143. The molecular weight excluding hydrogens is 1110 g/mol. The molecule has 0 saturated heterocycles. The molecule has 0 aliphatic carbocycles. The Bertz CT molecular complexity index is 2570. The largest absolute Gasteiger partial charge is 0.496 e. The summed E-state index contributed by atoms with van der Waals surface area (Å²) in [5.74, 6) is 5.68. The van der Waals surface area contributed by atoms with Gasteiger partial charge in [-0.15, -0.1) is 0 Å². The summed E-state index contributed by atoms with van der Waals surface area (Å²) >= 11 is 34.8. The molecule has 2 aromatic heterocycles. The van der Waals surface area contributed by atoms with Gasteiger partial charge in [-0.25, -0.2) is 18.7 Å². The summed E-state index contributed by atoms with van der Waals surface area (Å²) in [7, 11) is 4.81. The average molecular weight is 1190 g/mol. The molecule has 0 fully saturated rings. The first kappa shape index (κ1) is 70.6. The van der Waals surface area contributed by atoms with Gasteiger partial charge in [-0.3, -0.25) is 0 Å². The van der Waals surface area contributed by atoms with Gasteiger partial charge in [-0.05, 0) is 139 Å². The summed E-state index contributed by atoms with van der Waals surface area (Å²) in [5, 5.41) is 3.14. The molecule has 8 nitrogen and oxygen atoms in total. The molecule has 0 aliphatic rings. The summed E-state index contributed by atoms with van der Waals surface area (Å²) < 4.78 is 57.7. The second-order valence-corrected chi connectivity index (χ2v) is 21.5. The van der Waals surface area contributed by atoms with Crippen LogP contribution in [-0.4, -0.2) is 51.1 Å². The van der Waals surface area contributed by atoms with Crippen molar-refractivity contribution < 1.29 is 37.2 Å². The van der Waals surface area contributed by atoms with E-state index < -0.39 is 11.6 Å². The number of halogens is 8. The van der Waals surface area contributed by atoms with Crippen molar-refractivity contribution in [3.63, 3.8) is 0 Å². The highest BCUT2D eigenvalue weighted by Crippen LogP contribution is 2.34. The first-order valence-corrected chi connectivity index (χ1v) is 27.9. The summed E-state index contributed by atoms with van der Waals surface area (Å²) in [6.45, 7) is 32.6. The van der Waals surface area contributed by atoms with E-state index in [1.54, 1.807) is 38.7 Å². The maximum absolute atomic E-state index is 13.1. The van der Waals surface area contributed by atoms with Gasteiger partial charge >= 0.3 is 0 Å². The molecule has 0 atom stereocenters. The van der Waals surface area contributed by atoms with E-state index in [9.17, 15) is 8.78 Å². The standard InChI is InChI=1S/C11H14ClFO.C11H15ClO.C10H12ClFO.C10H14ClNO.C10H13ClO.C9H12ClNO/c1-4-14-11-6-10(13)9(12)5-8(11)7(2)3;1-4-13-11-6-5-9(12)7-10(11)8(2)3;1-6(2)7-4-8(11)9(12)5-10(7)13-3;1-4-13-10-9(7(2)3)5-8(11)6-12-10;1-7(2)9-6-8(11)4-5-10(9)12-3;1-6(2)8-4-7(10)5-11-9(8)12-3/h5-7H,4H2,1-3H3;5-8H,4H2,1-3H3;4-6H,1-3H3;5-7H,4H2,1-3H3;4-7H,1-3H3;4-6H,1-3H3. The molecule has 0 unspecified atom stereocenters. The highest BCUT2D eigenvalue weighted by Gasteiger charge is 2.15. The van der Waals surface area contributed by atoms with Crippen LogP contribution < -0.4 is 28.4 Å². The van der Waals surface area contributed by atoms with Crippen LogP contribution in [0.25, 0.3) is 0 Å².